The lowest BCUT2D eigenvalue weighted by molar-refractivity contribution is -0.148. The molecule has 1 aromatic carbocycles. The SMILES string of the molecule is COC(=O)[C@](C)(C#N)Cc1ccccc1F. The van der Waals surface area contributed by atoms with Crippen molar-refractivity contribution < 1.29 is 13.9 Å². The molecule has 16 heavy (non-hydrogen) atoms. The second kappa shape index (κ2) is 4.75. The van der Waals surface area contributed by atoms with Crippen LogP contribution >= 0.6 is 0 Å². The number of nitriles is 1. The number of rotatable bonds is 3. The summed E-state index contributed by atoms with van der Waals surface area (Å²) in [4.78, 5) is 11.4. The third-order valence-electron chi connectivity index (χ3n) is 2.38. The van der Waals surface area contributed by atoms with E-state index in [4.69, 9.17) is 5.26 Å². The van der Waals surface area contributed by atoms with Gasteiger partial charge in [0.2, 0.25) is 0 Å². The number of hydrogen-bond donors (Lipinski definition) is 0. The molecule has 1 rings (SSSR count). The van der Waals surface area contributed by atoms with Crippen molar-refractivity contribution in [2.45, 2.75) is 13.3 Å². The van der Waals surface area contributed by atoms with Crippen molar-refractivity contribution in [3.8, 4) is 6.07 Å². The molecule has 0 radical (unpaired) electrons. The Balaban J connectivity index is 3.00. The number of halogens is 1. The Labute approximate surface area is 93.5 Å². The molecule has 1 aromatic rings. The molecule has 0 saturated heterocycles. The molecule has 4 heteroatoms. The monoisotopic (exact) mass is 221 g/mol. The predicted octanol–water partition coefficient (Wildman–Crippen LogP) is 2.07. The summed E-state index contributed by atoms with van der Waals surface area (Å²) in [6, 6.07) is 7.93. The standard InChI is InChI=1S/C12H12FNO2/c1-12(8-14,11(15)16-2)7-9-5-3-4-6-10(9)13/h3-6H,7H2,1-2H3/t12-/m0/s1. The van der Waals surface area contributed by atoms with E-state index in [2.05, 4.69) is 4.74 Å². The fraction of sp³-hybridized carbons (Fsp3) is 0.333. The molecule has 0 aliphatic rings. The summed E-state index contributed by atoms with van der Waals surface area (Å²) >= 11 is 0. The number of methoxy groups -OCH3 is 1. The maximum atomic E-state index is 13.4. The zero-order valence-corrected chi connectivity index (χ0v) is 9.16. The first kappa shape index (κ1) is 12.2. The molecular formula is C12H12FNO2. The number of carbonyl (C=O) groups is 1. The van der Waals surface area contributed by atoms with Gasteiger partial charge in [-0.3, -0.25) is 4.79 Å². The third kappa shape index (κ3) is 2.37. The van der Waals surface area contributed by atoms with Crippen LogP contribution in [0.5, 0.6) is 0 Å². The van der Waals surface area contributed by atoms with Crippen molar-refractivity contribution in [3.63, 3.8) is 0 Å². The van der Waals surface area contributed by atoms with E-state index in [9.17, 15) is 9.18 Å². The molecule has 0 spiro atoms. The minimum Gasteiger partial charge on any atom is -0.468 e. The van der Waals surface area contributed by atoms with Crippen LogP contribution in [0.3, 0.4) is 0 Å². The van der Waals surface area contributed by atoms with E-state index in [0.29, 0.717) is 5.56 Å². The Kier molecular flexibility index (Phi) is 3.62. The van der Waals surface area contributed by atoms with E-state index in [1.54, 1.807) is 18.2 Å². The molecule has 0 aliphatic heterocycles. The van der Waals surface area contributed by atoms with Gasteiger partial charge in [0.1, 0.15) is 5.82 Å². The lowest BCUT2D eigenvalue weighted by Crippen LogP contribution is -2.30. The third-order valence-corrected chi connectivity index (χ3v) is 2.38. The average molecular weight is 221 g/mol. The van der Waals surface area contributed by atoms with Crippen molar-refractivity contribution in [3.05, 3.63) is 35.6 Å². The molecule has 0 amide bonds. The predicted molar refractivity (Wildman–Crippen MR) is 55.8 cm³/mol. The van der Waals surface area contributed by atoms with E-state index in [1.807, 2.05) is 6.07 Å². The first-order valence-corrected chi connectivity index (χ1v) is 4.76. The lowest BCUT2D eigenvalue weighted by Gasteiger charge is -2.18. The van der Waals surface area contributed by atoms with Crippen LogP contribution in [0.25, 0.3) is 0 Å². The van der Waals surface area contributed by atoms with Gasteiger partial charge in [-0.1, -0.05) is 18.2 Å². The normalized spacial score (nSPS) is 13.6. The molecule has 0 unspecified atom stereocenters. The van der Waals surface area contributed by atoms with Crippen LogP contribution in [-0.4, -0.2) is 13.1 Å². The molecule has 0 aromatic heterocycles. The van der Waals surface area contributed by atoms with E-state index >= 15 is 0 Å². The number of nitrogens with zero attached hydrogens (tertiary/aromatic N) is 1. The number of esters is 1. The smallest absolute Gasteiger partial charge is 0.326 e. The van der Waals surface area contributed by atoms with E-state index in [1.165, 1.54) is 20.1 Å². The largest absolute Gasteiger partial charge is 0.468 e. The van der Waals surface area contributed by atoms with Crippen LogP contribution in [0.15, 0.2) is 24.3 Å². The van der Waals surface area contributed by atoms with Crippen molar-refractivity contribution in [1.82, 2.24) is 0 Å². The van der Waals surface area contributed by atoms with Crippen LogP contribution in [0.1, 0.15) is 12.5 Å². The molecule has 1 atom stereocenters. The molecular weight excluding hydrogens is 209 g/mol. The summed E-state index contributed by atoms with van der Waals surface area (Å²) in [5.41, 5.74) is -1.02. The van der Waals surface area contributed by atoms with Crippen LogP contribution in [-0.2, 0) is 16.0 Å². The van der Waals surface area contributed by atoms with Crippen LogP contribution in [0, 0.1) is 22.6 Å². The quantitative estimate of drug-likeness (QED) is 0.734. The summed E-state index contributed by atoms with van der Waals surface area (Å²) in [5.74, 6) is -1.08. The van der Waals surface area contributed by atoms with Crippen molar-refractivity contribution in [2.75, 3.05) is 7.11 Å². The summed E-state index contributed by atoms with van der Waals surface area (Å²) in [6.07, 6.45) is 0.00282. The zero-order valence-electron chi connectivity index (χ0n) is 9.16. The molecule has 0 heterocycles. The highest BCUT2D eigenvalue weighted by atomic mass is 19.1. The fourth-order valence-corrected chi connectivity index (χ4v) is 1.41. The fourth-order valence-electron chi connectivity index (χ4n) is 1.41. The Morgan fingerprint density at radius 2 is 2.19 bits per heavy atom. The number of benzene rings is 1. The van der Waals surface area contributed by atoms with Gasteiger partial charge < -0.3 is 4.74 Å². The van der Waals surface area contributed by atoms with Gasteiger partial charge in [0.05, 0.1) is 13.2 Å². The topological polar surface area (TPSA) is 50.1 Å². The summed E-state index contributed by atoms with van der Waals surface area (Å²) in [6.45, 7) is 1.44. The van der Waals surface area contributed by atoms with E-state index < -0.39 is 17.2 Å². The number of ether oxygens (including phenoxy) is 1. The highest BCUT2D eigenvalue weighted by molar-refractivity contribution is 5.79. The molecule has 0 fully saturated rings. The van der Waals surface area contributed by atoms with Gasteiger partial charge in [0, 0.05) is 6.42 Å². The Hall–Kier alpha value is -1.89. The molecule has 3 nitrogen and oxygen atoms in total. The first-order valence-electron chi connectivity index (χ1n) is 4.76. The summed E-state index contributed by atoms with van der Waals surface area (Å²) in [7, 11) is 1.21. The van der Waals surface area contributed by atoms with Gasteiger partial charge in [0.25, 0.3) is 0 Å². The maximum Gasteiger partial charge on any atom is 0.326 e. The minimum atomic E-state index is -1.35. The molecule has 0 aliphatic carbocycles. The van der Waals surface area contributed by atoms with Gasteiger partial charge in [-0.2, -0.15) is 5.26 Å². The van der Waals surface area contributed by atoms with Crippen LogP contribution < -0.4 is 0 Å². The van der Waals surface area contributed by atoms with E-state index in [0.717, 1.165) is 0 Å². The zero-order chi connectivity index (χ0) is 12.2. The van der Waals surface area contributed by atoms with Crippen LogP contribution in [0.2, 0.25) is 0 Å². The van der Waals surface area contributed by atoms with Crippen molar-refractivity contribution >= 4 is 5.97 Å². The molecule has 0 N–H and O–H groups in total. The Morgan fingerprint density at radius 3 is 2.69 bits per heavy atom. The Morgan fingerprint density at radius 1 is 1.56 bits per heavy atom. The number of carbonyl (C=O) groups excluding carboxylic acids is 1. The van der Waals surface area contributed by atoms with Crippen molar-refractivity contribution in [2.24, 2.45) is 5.41 Å². The van der Waals surface area contributed by atoms with E-state index in [-0.39, 0.29) is 6.42 Å². The molecule has 0 bridgehead atoms. The van der Waals surface area contributed by atoms with Crippen LogP contribution in [0.4, 0.5) is 4.39 Å². The second-order valence-electron chi connectivity index (χ2n) is 3.70. The first-order chi connectivity index (χ1) is 7.53. The molecule has 84 valence electrons. The number of hydrogen-bond acceptors (Lipinski definition) is 3. The Bertz CT molecular complexity index is 439. The van der Waals surface area contributed by atoms with Gasteiger partial charge in [-0.25, -0.2) is 4.39 Å². The summed E-state index contributed by atoms with van der Waals surface area (Å²) < 4.78 is 17.9. The lowest BCUT2D eigenvalue weighted by atomic mass is 9.85. The van der Waals surface area contributed by atoms with Gasteiger partial charge in [-0.15, -0.1) is 0 Å². The van der Waals surface area contributed by atoms with Crippen molar-refractivity contribution in [1.29, 1.82) is 5.26 Å². The average Bonchev–Trinajstić information content (AvgIpc) is 2.31. The second-order valence-corrected chi connectivity index (χ2v) is 3.70. The minimum absolute atomic E-state index is 0.00282. The highest BCUT2D eigenvalue weighted by Gasteiger charge is 2.35. The highest BCUT2D eigenvalue weighted by Crippen LogP contribution is 2.24. The van der Waals surface area contributed by atoms with Gasteiger partial charge in [0.15, 0.2) is 5.41 Å². The van der Waals surface area contributed by atoms with Gasteiger partial charge >= 0.3 is 5.97 Å². The molecule has 0 saturated carbocycles. The maximum absolute atomic E-state index is 13.4. The van der Waals surface area contributed by atoms with Gasteiger partial charge in [-0.05, 0) is 18.6 Å². The summed E-state index contributed by atoms with van der Waals surface area (Å²) in [5, 5.41) is 8.97.